The smallest absolute Gasteiger partial charge is 0.310 e. The average molecular weight is 283 g/mol. The second-order valence-electron chi connectivity index (χ2n) is 5.11. The molecule has 1 aliphatic rings. The minimum Gasteiger partial charge on any atom is -0.493 e. The van der Waals surface area contributed by atoms with Crippen LogP contribution in [0.25, 0.3) is 0 Å². The zero-order chi connectivity index (χ0) is 13.7. The van der Waals surface area contributed by atoms with Gasteiger partial charge in [-0.3, -0.25) is 4.79 Å². The lowest BCUT2D eigenvalue weighted by Crippen LogP contribution is -2.30. The second-order valence-corrected chi connectivity index (χ2v) is 5.54. The van der Waals surface area contributed by atoms with E-state index in [1.165, 1.54) is 6.42 Å². The van der Waals surface area contributed by atoms with Crippen LogP contribution in [-0.2, 0) is 4.79 Å². The number of benzene rings is 1. The lowest BCUT2D eigenvalue weighted by Gasteiger charge is -2.27. The van der Waals surface area contributed by atoms with Crippen molar-refractivity contribution in [2.75, 3.05) is 6.61 Å². The highest BCUT2D eigenvalue weighted by molar-refractivity contribution is 6.30. The molecule has 1 aromatic rings. The van der Waals surface area contributed by atoms with Crippen molar-refractivity contribution >= 4 is 17.6 Å². The van der Waals surface area contributed by atoms with Gasteiger partial charge in [0.2, 0.25) is 0 Å². The molecule has 1 N–H and O–H groups in total. The molecule has 3 nitrogen and oxygen atoms in total. The van der Waals surface area contributed by atoms with Gasteiger partial charge in [-0.15, -0.1) is 0 Å². The monoisotopic (exact) mass is 282 g/mol. The van der Waals surface area contributed by atoms with Crippen LogP contribution in [0.4, 0.5) is 0 Å². The maximum atomic E-state index is 11.4. The molecule has 1 fully saturated rings. The third-order valence-electron chi connectivity index (χ3n) is 3.78. The van der Waals surface area contributed by atoms with Gasteiger partial charge in [0.1, 0.15) is 12.4 Å². The first-order valence-corrected chi connectivity index (χ1v) is 7.16. The van der Waals surface area contributed by atoms with Gasteiger partial charge >= 0.3 is 5.97 Å². The van der Waals surface area contributed by atoms with Gasteiger partial charge in [-0.05, 0) is 43.0 Å². The molecule has 0 amide bonds. The van der Waals surface area contributed by atoms with E-state index in [0.717, 1.165) is 25.7 Å². The second kappa shape index (κ2) is 6.80. The Morgan fingerprint density at radius 3 is 2.47 bits per heavy atom. The van der Waals surface area contributed by atoms with Gasteiger partial charge in [0.15, 0.2) is 0 Å². The number of aliphatic carboxylic acids is 1. The molecule has 1 aliphatic carbocycles. The topological polar surface area (TPSA) is 46.5 Å². The van der Waals surface area contributed by atoms with Crippen LogP contribution in [0, 0.1) is 11.8 Å². The van der Waals surface area contributed by atoms with E-state index in [0.29, 0.717) is 10.8 Å². The first-order chi connectivity index (χ1) is 9.16. The third kappa shape index (κ3) is 4.13. The van der Waals surface area contributed by atoms with Crippen LogP contribution < -0.4 is 4.74 Å². The van der Waals surface area contributed by atoms with Gasteiger partial charge in [-0.25, -0.2) is 0 Å². The van der Waals surface area contributed by atoms with Crippen LogP contribution in [0.3, 0.4) is 0 Å². The molecule has 2 rings (SSSR count). The van der Waals surface area contributed by atoms with Crippen molar-refractivity contribution in [3.63, 3.8) is 0 Å². The molecule has 1 atom stereocenters. The molecule has 1 unspecified atom stereocenters. The van der Waals surface area contributed by atoms with Crippen LogP contribution in [0.15, 0.2) is 24.3 Å². The SMILES string of the molecule is O=C(O)C(COc1ccc(Cl)cc1)C1CCCCC1. The predicted molar refractivity (Wildman–Crippen MR) is 74.6 cm³/mol. The number of carboxylic acids is 1. The van der Waals surface area contributed by atoms with Crippen molar-refractivity contribution in [3.05, 3.63) is 29.3 Å². The normalized spacial score (nSPS) is 17.9. The molecule has 1 aromatic carbocycles. The van der Waals surface area contributed by atoms with Gasteiger partial charge < -0.3 is 9.84 Å². The molecule has 0 heterocycles. The maximum absolute atomic E-state index is 11.4. The summed E-state index contributed by atoms with van der Waals surface area (Å²) in [6, 6.07) is 7.02. The van der Waals surface area contributed by atoms with Crippen molar-refractivity contribution in [1.82, 2.24) is 0 Å². The molecular weight excluding hydrogens is 264 g/mol. The standard InChI is InChI=1S/C15H19ClO3/c16-12-6-8-13(9-7-12)19-10-14(15(17)18)11-4-2-1-3-5-11/h6-9,11,14H,1-5,10H2,(H,17,18). The van der Waals surface area contributed by atoms with Crippen molar-refractivity contribution in [2.24, 2.45) is 11.8 Å². The van der Waals surface area contributed by atoms with Crippen LogP contribution in [0.5, 0.6) is 5.75 Å². The first-order valence-electron chi connectivity index (χ1n) is 6.78. The molecule has 4 heteroatoms. The van der Waals surface area contributed by atoms with Gasteiger partial charge in [0, 0.05) is 5.02 Å². The predicted octanol–water partition coefficient (Wildman–Crippen LogP) is 4.00. The summed E-state index contributed by atoms with van der Waals surface area (Å²) in [4.78, 5) is 11.4. The molecular formula is C15H19ClO3. The fourth-order valence-electron chi connectivity index (χ4n) is 2.66. The third-order valence-corrected chi connectivity index (χ3v) is 4.03. The summed E-state index contributed by atoms with van der Waals surface area (Å²) >= 11 is 5.80. The van der Waals surface area contributed by atoms with E-state index in [1.54, 1.807) is 24.3 Å². The van der Waals surface area contributed by atoms with Gasteiger partial charge in [0.05, 0.1) is 5.92 Å². The zero-order valence-corrected chi connectivity index (χ0v) is 11.6. The van der Waals surface area contributed by atoms with Gasteiger partial charge in [-0.2, -0.15) is 0 Å². The van der Waals surface area contributed by atoms with E-state index < -0.39 is 11.9 Å². The van der Waals surface area contributed by atoms with Crippen molar-refractivity contribution in [2.45, 2.75) is 32.1 Å². The lowest BCUT2D eigenvalue weighted by molar-refractivity contribution is -0.145. The molecule has 1 saturated carbocycles. The van der Waals surface area contributed by atoms with Crippen molar-refractivity contribution < 1.29 is 14.6 Å². The summed E-state index contributed by atoms with van der Waals surface area (Å²) < 4.78 is 5.60. The van der Waals surface area contributed by atoms with Crippen molar-refractivity contribution in [3.8, 4) is 5.75 Å². The highest BCUT2D eigenvalue weighted by Gasteiger charge is 2.29. The minimum atomic E-state index is -0.749. The Morgan fingerprint density at radius 1 is 1.26 bits per heavy atom. The molecule has 0 aliphatic heterocycles. The highest BCUT2D eigenvalue weighted by atomic mass is 35.5. The number of hydrogen-bond donors (Lipinski definition) is 1. The number of rotatable bonds is 5. The van der Waals surface area contributed by atoms with E-state index in [1.807, 2.05) is 0 Å². The summed E-state index contributed by atoms with van der Waals surface area (Å²) in [5, 5.41) is 9.99. The molecule has 0 bridgehead atoms. The summed E-state index contributed by atoms with van der Waals surface area (Å²) in [7, 11) is 0. The highest BCUT2D eigenvalue weighted by Crippen LogP contribution is 2.30. The Kier molecular flexibility index (Phi) is 5.08. The fourth-order valence-corrected chi connectivity index (χ4v) is 2.79. The molecule has 19 heavy (non-hydrogen) atoms. The van der Waals surface area contributed by atoms with E-state index in [9.17, 15) is 9.90 Å². The Morgan fingerprint density at radius 2 is 1.89 bits per heavy atom. The van der Waals surface area contributed by atoms with E-state index >= 15 is 0 Å². The summed E-state index contributed by atoms with van der Waals surface area (Å²) in [6.07, 6.45) is 5.49. The minimum absolute atomic E-state index is 0.238. The van der Waals surface area contributed by atoms with Gasteiger partial charge in [-0.1, -0.05) is 30.9 Å². The summed E-state index contributed by atoms with van der Waals surface area (Å²) in [6.45, 7) is 0.238. The Balaban J connectivity index is 1.93. The summed E-state index contributed by atoms with van der Waals surface area (Å²) in [5.41, 5.74) is 0. The number of hydrogen-bond acceptors (Lipinski definition) is 2. The van der Waals surface area contributed by atoms with Crippen LogP contribution in [-0.4, -0.2) is 17.7 Å². The number of ether oxygens (including phenoxy) is 1. The number of carbonyl (C=O) groups is 1. The van der Waals surface area contributed by atoms with Crippen LogP contribution in [0.2, 0.25) is 5.02 Å². The number of carboxylic acid groups (broad SMARTS) is 1. The van der Waals surface area contributed by atoms with E-state index in [2.05, 4.69) is 0 Å². The largest absolute Gasteiger partial charge is 0.493 e. The average Bonchev–Trinajstić information content (AvgIpc) is 2.42. The first kappa shape index (κ1) is 14.2. The van der Waals surface area contributed by atoms with Gasteiger partial charge in [0.25, 0.3) is 0 Å². The van der Waals surface area contributed by atoms with E-state index in [4.69, 9.17) is 16.3 Å². The van der Waals surface area contributed by atoms with E-state index in [-0.39, 0.29) is 12.5 Å². The molecule has 0 saturated heterocycles. The van der Waals surface area contributed by atoms with Crippen molar-refractivity contribution in [1.29, 1.82) is 0 Å². The summed E-state index contributed by atoms with van der Waals surface area (Å²) in [5.74, 6) is -0.234. The fraction of sp³-hybridized carbons (Fsp3) is 0.533. The quantitative estimate of drug-likeness (QED) is 0.888. The lowest BCUT2D eigenvalue weighted by atomic mass is 9.80. The molecule has 104 valence electrons. The molecule has 0 radical (unpaired) electrons. The Labute approximate surface area is 118 Å². The molecule has 0 aromatic heterocycles. The zero-order valence-electron chi connectivity index (χ0n) is 10.8. The molecule has 0 spiro atoms. The Hall–Kier alpha value is -1.22. The van der Waals surface area contributed by atoms with Crippen LogP contribution in [0.1, 0.15) is 32.1 Å². The Bertz CT molecular complexity index is 410. The maximum Gasteiger partial charge on any atom is 0.310 e. The van der Waals surface area contributed by atoms with Crippen LogP contribution >= 0.6 is 11.6 Å². The number of halogens is 1.